The summed E-state index contributed by atoms with van der Waals surface area (Å²) in [5.74, 6) is 3.02. The molecule has 0 saturated carbocycles. The fourth-order valence-electron chi connectivity index (χ4n) is 11.1. The van der Waals surface area contributed by atoms with Crippen LogP contribution in [-0.2, 0) is 19.4 Å². The number of aryl methyl sites for hydroxylation is 3. The molecule has 0 aliphatic rings. The zero-order valence-electron chi connectivity index (χ0n) is 68.2. The number of aromatic amines is 4. The molecule has 0 fully saturated rings. The maximum atomic E-state index is 12.8. The molecule has 0 aliphatic carbocycles. The minimum atomic E-state index is -1.26. The van der Waals surface area contributed by atoms with Crippen LogP contribution in [0.5, 0.6) is 40.2 Å². The van der Waals surface area contributed by atoms with Gasteiger partial charge in [-0.15, -0.1) is 0 Å². The Balaban J connectivity index is 0.000000237. The van der Waals surface area contributed by atoms with Gasteiger partial charge in [-0.05, 0) is 139 Å². The summed E-state index contributed by atoms with van der Waals surface area (Å²) in [7, 11) is 11.6. The van der Waals surface area contributed by atoms with Crippen molar-refractivity contribution in [1.82, 2.24) is 55.8 Å². The quantitative estimate of drug-likeness (QED) is 0.0178. The van der Waals surface area contributed by atoms with Gasteiger partial charge in [-0.25, -0.2) is 24.7 Å². The number of nitrogens with one attached hydrogen (secondary N) is 7. The van der Waals surface area contributed by atoms with Gasteiger partial charge in [0.2, 0.25) is 0 Å². The molecular formula is C86H90BN12O18U. The van der Waals surface area contributed by atoms with E-state index in [2.05, 4.69) is 87.0 Å². The Kier molecular flexibility index (Phi) is 35.6. The van der Waals surface area contributed by atoms with Crippen LogP contribution in [-0.4, -0.2) is 141 Å². The number of carboxylic acid groups (broad SMARTS) is 1. The Labute approximate surface area is 707 Å². The van der Waals surface area contributed by atoms with Crippen molar-refractivity contribution >= 4 is 38.3 Å². The molecule has 4 heterocycles. The molecule has 0 spiro atoms. The topological polar surface area (TPSA) is 436 Å². The van der Waals surface area contributed by atoms with E-state index in [1.54, 1.807) is 98.3 Å². The number of carboxylic acids is 1. The van der Waals surface area contributed by atoms with Crippen LogP contribution in [0, 0.1) is 38.0 Å². The van der Waals surface area contributed by atoms with E-state index < -0.39 is 70.7 Å². The first-order valence-corrected chi connectivity index (χ1v) is 35.9. The Morgan fingerprint density at radius 1 is 0.407 bits per heavy atom. The number of hydrogen-bond donors (Lipinski definition) is 10. The van der Waals surface area contributed by atoms with E-state index in [-0.39, 0.29) is 71.1 Å². The minimum Gasteiger partial charge on any atom is -0.497 e. The normalized spacial score (nSPS) is 10.7. The summed E-state index contributed by atoms with van der Waals surface area (Å²) in [6.07, 6.45) is 6.18. The third-order valence-corrected chi connectivity index (χ3v) is 17.7. The summed E-state index contributed by atoms with van der Waals surface area (Å²) >= 11 is 0. The molecule has 0 bridgehead atoms. The molecule has 0 saturated heterocycles. The number of methoxy groups -OCH3 is 7. The van der Waals surface area contributed by atoms with Crippen LogP contribution in [0.4, 0.5) is 0 Å². The largest absolute Gasteiger partial charge is 0.497 e. The number of aldehydes is 1. The Hall–Kier alpha value is -13.5. The third-order valence-electron chi connectivity index (χ3n) is 17.7. The predicted octanol–water partition coefficient (Wildman–Crippen LogP) is 8.95. The van der Waals surface area contributed by atoms with Gasteiger partial charge in [0.25, 0.3) is 40.0 Å². The van der Waals surface area contributed by atoms with E-state index in [1.807, 2.05) is 135 Å². The van der Waals surface area contributed by atoms with Gasteiger partial charge in [0.15, 0.2) is 12.1 Å². The van der Waals surface area contributed by atoms with Gasteiger partial charge >= 0.3 is 5.97 Å². The van der Waals surface area contributed by atoms with Crippen LogP contribution < -0.4 is 77.1 Å². The monoisotopic (exact) mass is 1830 g/mol. The molecule has 30 nitrogen and oxygen atoms in total. The van der Waals surface area contributed by atoms with E-state index in [9.17, 15) is 43.2 Å². The van der Waals surface area contributed by atoms with Crippen LogP contribution >= 0.6 is 0 Å². The summed E-state index contributed by atoms with van der Waals surface area (Å²) in [6.45, 7) is 5.35. The summed E-state index contributed by atoms with van der Waals surface area (Å²) in [6, 6.07) is 58.3. The van der Waals surface area contributed by atoms with Crippen LogP contribution in [0.2, 0.25) is 0 Å². The van der Waals surface area contributed by atoms with Gasteiger partial charge in [-0.1, -0.05) is 129 Å². The first-order chi connectivity index (χ1) is 57.4. The Morgan fingerprint density at radius 2 is 0.636 bits per heavy atom. The molecule has 12 rings (SSSR count). The predicted molar refractivity (Wildman–Crippen MR) is 441 cm³/mol. The number of benzene rings is 8. The Morgan fingerprint density at radius 3 is 0.864 bits per heavy atom. The van der Waals surface area contributed by atoms with E-state index in [4.69, 9.17) is 51.8 Å². The van der Waals surface area contributed by atoms with Gasteiger partial charge < -0.3 is 85.0 Å². The third kappa shape index (κ3) is 26.3. The molecule has 118 heavy (non-hydrogen) atoms. The fourth-order valence-corrected chi connectivity index (χ4v) is 11.1. The maximum Gasteiger partial charge on any atom is 0.342 e. The fraction of sp³-hybridized carbons (Fsp3) is 0.198. The number of nitrogens with two attached hydrogens (primary N) is 1. The summed E-state index contributed by atoms with van der Waals surface area (Å²) in [5, 5.41) is 26.2. The Bertz CT molecular complexity index is 5210. The SMILES string of the molecule is CCc1ncc(C(=O)NC(c2ccc(OC)cc2)c2ccc(OC)cc2)c(=O)[nH]1.CCc1ncc(C(=O)O)c(=O)[nH]1.COc1ccc(C(N)c2ccc(C)cc2)cc1.COc1ccc(C(NC(=O)c2cnc(C=O)[nH]c2=O)c2ccc(OC)cc2)cc1.COc1ccc(C(NC(=O)c2cnc(CO)[nH]c2=O)c2ccc(OC)cc2)cc1.[3H][B][3H].[U]. The first-order valence-electron chi connectivity index (χ1n) is 37.0. The molecule has 1 atom stereocenters. The van der Waals surface area contributed by atoms with Crippen molar-refractivity contribution in [1.29, 1.82) is 2.67 Å². The number of carbonyl (C=O) groups excluding carboxylic acids is 4. The zero-order chi connectivity index (χ0) is 86.5. The van der Waals surface area contributed by atoms with Crippen LogP contribution in [0.1, 0.15) is 158 Å². The molecule has 32 heteroatoms. The van der Waals surface area contributed by atoms with Gasteiger partial charge in [-0.3, -0.25) is 38.4 Å². The first kappa shape index (κ1) is 90.0. The summed E-state index contributed by atoms with van der Waals surface area (Å²) < 4.78 is 47.8. The number of aliphatic hydroxyl groups excluding tert-OH is 1. The minimum absolute atomic E-state index is 0. The molecule has 3 amide bonds. The second-order valence-corrected chi connectivity index (χ2v) is 25.0. The van der Waals surface area contributed by atoms with Gasteiger partial charge in [0, 0.05) is 68.7 Å². The van der Waals surface area contributed by atoms with Crippen LogP contribution in [0.25, 0.3) is 0 Å². The summed E-state index contributed by atoms with van der Waals surface area (Å²) in [4.78, 5) is 132. The number of ether oxygens (including phenoxy) is 7. The number of H-pyrrole nitrogens is 4. The summed E-state index contributed by atoms with van der Waals surface area (Å²) in [5.41, 5.74) is 11.5. The van der Waals surface area contributed by atoms with Gasteiger partial charge in [0.1, 0.15) is 86.6 Å². The average molecular weight is 1830 g/mol. The number of aromatic carboxylic acids is 1. The molecule has 0 aliphatic heterocycles. The number of aliphatic hydroxyl groups is 1. The molecule has 12 aromatic rings. The van der Waals surface area contributed by atoms with Crippen molar-refractivity contribution < 1.29 is 98.5 Å². The van der Waals surface area contributed by atoms with Crippen LogP contribution in [0.15, 0.2) is 238 Å². The van der Waals surface area contributed by atoms with Crippen molar-refractivity contribution in [3.05, 3.63) is 356 Å². The molecule has 4 aromatic heterocycles. The maximum absolute atomic E-state index is 12.8. The van der Waals surface area contributed by atoms with E-state index in [0.29, 0.717) is 73.6 Å². The standard InChI is InChI=1S/C22H23N3O4.C21H21N3O5.C21H19N3O5.C15H17NO.C7H8N2O3.BH2.U/c1-4-19-23-13-18(21(26)24-19)22(27)25-20(14-5-9-16(28-2)10-6-14)15-7-11-17(29-3)12-8-15;2*1-28-15-7-3-13(4-8-15)19(14-5-9-16(29-2)10-6-14)24-21(27)17-11-22-18(12-25)23-20(17)26;1-11-3-5-12(6-4-11)15(16)13-7-9-14(17-2)10-8-13;1-2-5-8-3-4(7(11)12)6(10)9-5;;/h5-13,20H,4H2,1-3H3,(H,25,27)(H,23,24,26);3-11,19,25H,12H2,1-2H3,(H,24,27)(H,22,23,26);3-12,19H,1-2H3,(H,24,27)(H,22,23,26);3-10,15H,16H2,1-2H3;3H,2H2,1H3,(H,11,12)(H,8,9,10);1H2;/i;;;;;1T2;. The molecule has 609 valence electrons. The zero-order valence-corrected chi connectivity index (χ0v) is 70.3. The number of carbonyl (C=O) groups is 5. The number of nitrogens with zero attached hydrogens (tertiary/aromatic N) is 4. The van der Waals surface area contributed by atoms with E-state index in [1.165, 1.54) is 11.8 Å². The van der Waals surface area contributed by atoms with E-state index in [0.717, 1.165) is 68.8 Å². The smallest absolute Gasteiger partial charge is 0.342 e. The van der Waals surface area contributed by atoms with Crippen molar-refractivity contribution in [3.63, 3.8) is 0 Å². The van der Waals surface area contributed by atoms with Gasteiger partial charge in [-0.2, -0.15) is 0 Å². The molecule has 1 unspecified atom stereocenters. The number of aromatic nitrogens is 8. The van der Waals surface area contributed by atoms with Crippen LogP contribution in [0.3, 0.4) is 0 Å². The van der Waals surface area contributed by atoms with Crippen molar-refractivity contribution in [2.45, 2.75) is 64.4 Å². The average Bonchev–Trinajstić information content (AvgIpc) is 0.822. The molecular weight excluding hydrogens is 1740 g/mol. The van der Waals surface area contributed by atoms with Crippen molar-refractivity contribution in [3.8, 4) is 40.2 Å². The number of hydrogen-bond acceptors (Lipinski definition) is 22. The number of amides is 3. The van der Waals surface area contributed by atoms with Crippen molar-refractivity contribution in [2.75, 3.05) is 49.8 Å². The van der Waals surface area contributed by atoms with Gasteiger partial charge in [0.05, 0.1) is 82.3 Å². The second kappa shape index (κ2) is 46.7. The number of rotatable bonds is 26. The van der Waals surface area contributed by atoms with E-state index >= 15 is 0 Å². The molecule has 1 radical (unpaired) electrons. The molecule has 8 aromatic carbocycles. The second-order valence-electron chi connectivity index (χ2n) is 25.0. The van der Waals surface area contributed by atoms with Crippen molar-refractivity contribution in [2.24, 2.45) is 5.73 Å². The molecule has 11 N–H and O–H groups in total.